The first-order valence-electron chi connectivity index (χ1n) is 6.50. The third kappa shape index (κ3) is 3.64. The van der Waals surface area contributed by atoms with Crippen molar-refractivity contribution in [1.29, 1.82) is 5.26 Å². The van der Waals surface area contributed by atoms with Crippen molar-refractivity contribution in [2.24, 2.45) is 0 Å². The molecule has 0 fully saturated rings. The topological polar surface area (TPSA) is 75.9 Å². The predicted octanol–water partition coefficient (Wildman–Crippen LogP) is 3.12. The van der Waals surface area contributed by atoms with Gasteiger partial charge in [-0.3, -0.25) is 4.79 Å². The van der Waals surface area contributed by atoms with Gasteiger partial charge in [0.1, 0.15) is 5.01 Å². The van der Waals surface area contributed by atoms with Gasteiger partial charge in [-0.2, -0.15) is 5.26 Å². The van der Waals surface area contributed by atoms with Gasteiger partial charge in [0.05, 0.1) is 12.2 Å². The van der Waals surface area contributed by atoms with Gasteiger partial charge >= 0.3 is 0 Å². The molecule has 0 amide bonds. The van der Waals surface area contributed by atoms with Crippen molar-refractivity contribution in [2.75, 3.05) is 0 Å². The van der Waals surface area contributed by atoms with Gasteiger partial charge in [0.15, 0.2) is 11.7 Å². The molecular weight excluding hydrogens is 286 g/mol. The summed E-state index contributed by atoms with van der Waals surface area (Å²) in [6.45, 7) is 5.63. The maximum atomic E-state index is 12.4. The summed E-state index contributed by atoms with van der Waals surface area (Å²) in [6, 6.07) is 5.27. The minimum absolute atomic E-state index is 0.0178. The molecule has 108 valence electrons. The van der Waals surface area contributed by atoms with Gasteiger partial charge in [-0.1, -0.05) is 0 Å². The van der Waals surface area contributed by atoms with Crippen LogP contribution in [0.2, 0.25) is 0 Å². The molecule has 2 aromatic rings. The fraction of sp³-hybridized carbons (Fsp3) is 0.333. The van der Waals surface area contributed by atoms with Crippen LogP contribution in [0.3, 0.4) is 0 Å². The zero-order valence-corrected chi connectivity index (χ0v) is 12.8. The van der Waals surface area contributed by atoms with Crippen LogP contribution in [0.25, 0.3) is 0 Å². The van der Waals surface area contributed by atoms with Crippen LogP contribution in [0.1, 0.15) is 40.8 Å². The van der Waals surface area contributed by atoms with Crippen LogP contribution in [0, 0.1) is 18.3 Å². The number of aromatic nitrogens is 2. The molecule has 0 aliphatic rings. The van der Waals surface area contributed by atoms with E-state index in [4.69, 9.17) is 4.74 Å². The lowest BCUT2D eigenvalue weighted by Gasteiger charge is -2.09. The molecule has 0 saturated carbocycles. The highest BCUT2D eigenvalue weighted by molar-refractivity contribution is 7.10. The smallest absolute Gasteiger partial charge is 0.213 e. The molecular formula is C15H15N3O2S. The molecule has 1 atom stereocenters. The SMILES string of the molecule is Cc1csc(C(C#N)C(=O)c2ccc(OC(C)C)nc2)n1. The molecule has 0 bridgehead atoms. The maximum absolute atomic E-state index is 12.4. The van der Waals surface area contributed by atoms with Gasteiger partial charge in [-0.15, -0.1) is 11.3 Å². The summed E-state index contributed by atoms with van der Waals surface area (Å²) in [6.07, 6.45) is 1.45. The summed E-state index contributed by atoms with van der Waals surface area (Å²) < 4.78 is 5.43. The fourth-order valence-corrected chi connectivity index (χ4v) is 2.57. The normalized spacial score (nSPS) is 12.0. The summed E-state index contributed by atoms with van der Waals surface area (Å²) in [5, 5.41) is 11.6. The second kappa shape index (κ2) is 6.46. The van der Waals surface area contributed by atoms with Crippen molar-refractivity contribution in [3.8, 4) is 11.9 Å². The molecule has 0 aliphatic carbocycles. The molecule has 0 spiro atoms. The first-order chi connectivity index (χ1) is 10.0. The first kappa shape index (κ1) is 15.1. The van der Waals surface area contributed by atoms with Crippen LogP contribution in [0.15, 0.2) is 23.7 Å². The largest absolute Gasteiger partial charge is 0.475 e. The molecule has 2 heterocycles. The standard InChI is InChI=1S/C15H15N3O2S/c1-9(2)20-13-5-4-11(7-17-13)14(19)12(6-16)15-18-10(3)8-21-15/h4-5,7-9,12H,1-3H3. The van der Waals surface area contributed by atoms with E-state index in [-0.39, 0.29) is 11.9 Å². The third-order valence-electron chi connectivity index (χ3n) is 2.65. The number of pyridine rings is 1. The summed E-state index contributed by atoms with van der Waals surface area (Å²) in [4.78, 5) is 20.7. The van der Waals surface area contributed by atoms with E-state index >= 15 is 0 Å². The van der Waals surface area contributed by atoms with Crippen molar-refractivity contribution in [3.05, 3.63) is 40.0 Å². The Labute approximate surface area is 127 Å². The number of ether oxygens (including phenoxy) is 1. The van der Waals surface area contributed by atoms with Crippen LogP contribution in [-0.2, 0) is 0 Å². The molecule has 2 aromatic heterocycles. The Bertz CT molecular complexity index is 671. The van der Waals surface area contributed by atoms with E-state index in [1.807, 2.05) is 32.2 Å². The lowest BCUT2D eigenvalue weighted by molar-refractivity contribution is 0.0978. The monoisotopic (exact) mass is 301 g/mol. The van der Waals surface area contributed by atoms with E-state index in [1.54, 1.807) is 12.1 Å². The van der Waals surface area contributed by atoms with E-state index in [2.05, 4.69) is 9.97 Å². The average molecular weight is 301 g/mol. The van der Waals surface area contributed by atoms with Crippen molar-refractivity contribution in [3.63, 3.8) is 0 Å². The lowest BCUT2D eigenvalue weighted by atomic mass is 10.0. The summed E-state index contributed by atoms with van der Waals surface area (Å²) in [5.41, 5.74) is 1.19. The number of nitriles is 1. The molecule has 0 aliphatic heterocycles. The second-order valence-electron chi connectivity index (χ2n) is 4.81. The van der Waals surface area contributed by atoms with Gasteiger partial charge in [0.25, 0.3) is 0 Å². The molecule has 0 saturated heterocycles. The van der Waals surface area contributed by atoms with E-state index in [1.165, 1.54) is 17.5 Å². The maximum Gasteiger partial charge on any atom is 0.213 e. The summed E-state index contributed by atoms with van der Waals surface area (Å²) in [5.74, 6) is -0.724. The van der Waals surface area contributed by atoms with Crippen LogP contribution >= 0.6 is 11.3 Å². The number of Topliss-reactive ketones (excluding diaryl/α,β-unsaturated/α-hetero) is 1. The van der Waals surface area contributed by atoms with E-state index in [0.717, 1.165) is 5.69 Å². The highest BCUT2D eigenvalue weighted by Gasteiger charge is 2.25. The van der Waals surface area contributed by atoms with Crippen molar-refractivity contribution in [1.82, 2.24) is 9.97 Å². The van der Waals surface area contributed by atoms with Crippen LogP contribution < -0.4 is 4.74 Å². The number of hydrogen-bond donors (Lipinski definition) is 0. The van der Waals surface area contributed by atoms with Gasteiger partial charge in [0.2, 0.25) is 5.88 Å². The Balaban J connectivity index is 2.20. The van der Waals surface area contributed by atoms with Gasteiger partial charge < -0.3 is 4.74 Å². The highest BCUT2D eigenvalue weighted by Crippen LogP contribution is 2.24. The van der Waals surface area contributed by atoms with Crippen molar-refractivity contribution in [2.45, 2.75) is 32.8 Å². The first-order valence-corrected chi connectivity index (χ1v) is 7.37. The van der Waals surface area contributed by atoms with Crippen LogP contribution in [0.5, 0.6) is 5.88 Å². The number of aryl methyl sites for hydroxylation is 1. The van der Waals surface area contributed by atoms with Crippen molar-refractivity contribution < 1.29 is 9.53 Å². The number of nitrogens with zero attached hydrogens (tertiary/aromatic N) is 3. The van der Waals surface area contributed by atoms with E-state index < -0.39 is 5.92 Å². The predicted molar refractivity (Wildman–Crippen MR) is 79.5 cm³/mol. The van der Waals surface area contributed by atoms with E-state index in [9.17, 15) is 10.1 Å². The molecule has 0 aromatic carbocycles. The number of carbonyl (C=O) groups is 1. The van der Waals surface area contributed by atoms with Gasteiger partial charge in [-0.05, 0) is 26.8 Å². The Morgan fingerprint density at radius 2 is 2.19 bits per heavy atom. The summed E-state index contributed by atoms with van der Waals surface area (Å²) in [7, 11) is 0. The Morgan fingerprint density at radius 1 is 1.43 bits per heavy atom. The van der Waals surface area contributed by atoms with Crippen molar-refractivity contribution >= 4 is 17.1 Å². The molecule has 0 radical (unpaired) electrons. The Kier molecular flexibility index (Phi) is 4.66. The molecule has 1 unspecified atom stereocenters. The molecule has 21 heavy (non-hydrogen) atoms. The minimum Gasteiger partial charge on any atom is -0.475 e. The number of ketones is 1. The number of thiazole rings is 1. The average Bonchev–Trinajstić information content (AvgIpc) is 2.86. The van der Waals surface area contributed by atoms with Crippen LogP contribution in [0.4, 0.5) is 0 Å². The second-order valence-corrected chi connectivity index (χ2v) is 5.69. The fourth-order valence-electron chi connectivity index (χ4n) is 1.73. The molecule has 5 nitrogen and oxygen atoms in total. The Hall–Kier alpha value is -2.26. The third-order valence-corrected chi connectivity index (χ3v) is 3.68. The summed E-state index contributed by atoms with van der Waals surface area (Å²) >= 11 is 1.32. The van der Waals surface area contributed by atoms with Gasteiger partial charge in [0, 0.05) is 28.9 Å². The Morgan fingerprint density at radius 3 is 2.67 bits per heavy atom. The number of carbonyl (C=O) groups excluding carboxylic acids is 1. The quantitative estimate of drug-likeness (QED) is 0.793. The van der Waals surface area contributed by atoms with Gasteiger partial charge in [-0.25, -0.2) is 9.97 Å². The van der Waals surface area contributed by atoms with E-state index in [0.29, 0.717) is 16.5 Å². The zero-order valence-electron chi connectivity index (χ0n) is 12.0. The lowest BCUT2D eigenvalue weighted by Crippen LogP contribution is -2.12. The molecule has 2 rings (SSSR count). The minimum atomic E-state index is -0.887. The highest BCUT2D eigenvalue weighted by atomic mass is 32.1. The van der Waals surface area contributed by atoms with Crippen LogP contribution in [-0.4, -0.2) is 21.9 Å². The number of rotatable bonds is 5. The number of hydrogen-bond acceptors (Lipinski definition) is 6. The zero-order chi connectivity index (χ0) is 15.4. The molecule has 0 N–H and O–H groups in total. The molecule has 6 heteroatoms.